The van der Waals surface area contributed by atoms with Gasteiger partial charge in [-0.1, -0.05) is 18.2 Å². The molecule has 0 saturated carbocycles. The molecular weight excluding hydrogens is 294 g/mol. The lowest BCUT2D eigenvalue weighted by Gasteiger charge is -2.14. The molecule has 6 N–H and O–H groups in total. The number of nitrogens with two attached hydrogens (primary N) is 2. The first-order chi connectivity index (χ1) is 9.80. The first-order valence-electron chi connectivity index (χ1n) is 5.81. The highest BCUT2D eigenvalue weighted by Crippen LogP contribution is 2.31. The molecule has 0 aliphatic rings. The molecule has 0 radical (unpaired) electrons. The number of sulfonamides is 1. The van der Waals surface area contributed by atoms with Crippen LogP contribution in [-0.2, 0) is 10.0 Å². The van der Waals surface area contributed by atoms with E-state index in [1.807, 2.05) is 6.07 Å². The zero-order valence-electron chi connectivity index (χ0n) is 10.8. The topological polar surface area (TPSA) is 136 Å². The highest BCUT2D eigenvalue weighted by atomic mass is 32.2. The molecule has 0 fully saturated rings. The number of aromatic carboxylic acids is 1. The molecule has 0 bridgehead atoms. The number of primary sulfonamides is 1. The summed E-state index contributed by atoms with van der Waals surface area (Å²) in [7, 11) is -4.27. The summed E-state index contributed by atoms with van der Waals surface area (Å²) in [6, 6.07) is 11.4. The van der Waals surface area contributed by atoms with E-state index in [2.05, 4.69) is 5.32 Å². The quantitative estimate of drug-likeness (QED) is 0.630. The molecule has 2 rings (SSSR count). The number of hydrogen-bond donors (Lipinski definition) is 4. The monoisotopic (exact) mass is 307 g/mol. The third kappa shape index (κ3) is 3.12. The van der Waals surface area contributed by atoms with Gasteiger partial charge in [0.25, 0.3) is 0 Å². The van der Waals surface area contributed by atoms with Crippen LogP contribution < -0.4 is 16.2 Å². The lowest BCUT2D eigenvalue weighted by atomic mass is 10.1. The zero-order chi connectivity index (χ0) is 15.6. The molecule has 8 heteroatoms. The highest BCUT2D eigenvalue weighted by Gasteiger charge is 2.24. The van der Waals surface area contributed by atoms with Gasteiger partial charge < -0.3 is 16.2 Å². The van der Waals surface area contributed by atoms with Gasteiger partial charge >= 0.3 is 5.97 Å². The minimum absolute atomic E-state index is 0.235. The van der Waals surface area contributed by atoms with E-state index in [4.69, 9.17) is 16.0 Å². The number of nitrogens with one attached hydrogen (secondary N) is 1. The van der Waals surface area contributed by atoms with Crippen LogP contribution in [0.3, 0.4) is 0 Å². The summed E-state index contributed by atoms with van der Waals surface area (Å²) in [5.41, 5.74) is 6.00. The van der Waals surface area contributed by atoms with Crippen molar-refractivity contribution in [1.82, 2.24) is 0 Å². The first-order valence-corrected chi connectivity index (χ1v) is 7.36. The van der Waals surface area contributed by atoms with Gasteiger partial charge in [-0.15, -0.1) is 0 Å². The Morgan fingerprint density at radius 3 is 2.24 bits per heavy atom. The van der Waals surface area contributed by atoms with E-state index in [-0.39, 0.29) is 11.4 Å². The fourth-order valence-electron chi connectivity index (χ4n) is 1.86. The first kappa shape index (κ1) is 14.8. The Balaban J connectivity index is 2.58. The molecule has 0 atom stereocenters. The van der Waals surface area contributed by atoms with Gasteiger partial charge in [-0.05, 0) is 24.3 Å². The third-order valence-corrected chi connectivity index (χ3v) is 3.77. The lowest BCUT2D eigenvalue weighted by molar-refractivity contribution is 0.0693. The molecule has 0 amide bonds. The number of carbonyl (C=O) groups is 1. The van der Waals surface area contributed by atoms with Crippen molar-refractivity contribution >= 4 is 33.1 Å². The Morgan fingerprint density at radius 2 is 1.71 bits per heavy atom. The van der Waals surface area contributed by atoms with Crippen LogP contribution in [0.4, 0.5) is 17.1 Å². The Bertz CT molecular complexity index is 789. The van der Waals surface area contributed by atoms with Gasteiger partial charge in [0, 0.05) is 5.69 Å². The Hall–Kier alpha value is -2.58. The SMILES string of the molecule is Nc1c(Nc2ccccc2)ccc(C(=O)O)c1S(N)(=O)=O. The van der Waals surface area contributed by atoms with Crippen molar-refractivity contribution in [2.75, 3.05) is 11.1 Å². The van der Waals surface area contributed by atoms with Crippen LogP contribution in [0, 0.1) is 0 Å². The largest absolute Gasteiger partial charge is 0.478 e. The molecule has 0 spiro atoms. The minimum atomic E-state index is -4.27. The summed E-state index contributed by atoms with van der Waals surface area (Å²) in [4.78, 5) is 10.5. The van der Waals surface area contributed by atoms with Crippen molar-refractivity contribution in [3.63, 3.8) is 0 Å². The second kappa shape index (κ2) is 5.43. The van der Waals surface area contributed by atoms with Gasteiger partial charge in [0.15, 0.2) is 0 Å². The predicted octanol–water partition coefficient (Wildman–Crippen LogP) is 1.36. The van der Waals surface area contributed by atoms with Crippen molar-refractivity contribution in [2.24, 2.45) is 5.14 Å². The molecule has 2 aromatic rings. The van der Waals surface area contributed by atoms with Gasteiger partial charge in [-0.2, -0.15) is 0 Å². The van der Waals surface area contributed by atoms with Crippen molar-refractivity contribution in [2.45, 2.75) is 4.90 Å². The number of carboxylic acid groups (broad SMARTS) is 1. The Morgan fingerprint density at radius 1 is 1.10 bits per heavy atom. The Labute approximate surface area is 121 Å². The van der Waals surface area contributed by atoms with Crippen LogP contribution in [-0.4, -0.2) is 19.5 Å². The van der Waals surface area contributed by atoms with Gasteiger partial charge in [0.2, 0.25) is 10.0 Å². The second-order valence-corrected chi connectivity index (χ2v) is 5.74. The summed E-state index contributed by atoms with van der Waals surface area (Å²) in [5, 5.41) is 17.0. The van der Waals surface area contributed by atoms with E-state index < -0.39 is 26.5 Å². The van der Waals surface area contributed by atoms with Gasteiger partial charge in [-0.3, -0.25) is 0 Å². The molecule has 110 valence electrons. The van der Waals surface area contributed by atoms with Gasteiger partial charge in [0.1, 0.15) is 4.90 Å². The molecule has 0 unspecified atom stereocenters. The molecule has 0 aliphatic carbocycles. The average Bonchev–Trinajstić information content (AvgIpc) is 2.40. The summed E-state index contributed by atoms with van der Waals surface area (Å²) in [6.45, 7) is 0. The van der Waals surface area contributed by atoms with Crippen molar-refractivity contribution in [3.05, 3.63) is 48.0 Å². The molecule has 21 heavy (non-hydrogen) atoms. The molecule has 7 nitrogen and oxygen atoms in total. The fraction of sp³-hybridized carbons (Fsp3) is 0. The standard InChI is InChI=1S/C13H13N3O4S/c14-11-10(16-8-4-2-1-3-5-8)7-6-9(13(17)18)12(11)21(15,19)20/h1-7,16H,14H2,(H,17,18)(H2,15,19,20). The minimum Gasteiger partial charge on any atom is -0.478 e. The summed E-state index contributed by atoms with van der Waals surface area (Å²) >= 11 is 0. The molecule has 0 saturated heterocycles. The molecule has 2 aromatic carbocycles. The van der Waals surface area contributed by atoms with Crippen LogP contribution in [0.2, 0.25) is 0 Å². The normalized spacial score (nSPS) is 11.1. The number of para-hydroxylation sites is 1. The van der Waals surface area contributed by atoms with E-state index in [0.717, 1.165) is 6.07 Å². The highest BCUT2D eigenvalue weighted by molar-refractivity contribution is 7.89. The molecule has 0 aliphatic heterocycles. The summed E-state index contributed by atoms with van der Waals surface area (Å²) in [6.07, 6.45) is 0. The third-order valence-electron chi connectivity index (χ3n) is 2.76. The van der Waals surface area contributed by atoms with Crippen LogP contribution in [0.15, 0.2) is 47.4 Å². The molecule has 0 heterocycles. The van der Waals surface area contributed by atoms with Crippen molar-refractivity contribution in [1.29, 1.82) is 0 Å². The maximum Gasteiger partial charge on any atom is 0.337 e. The number of rotatable bonds is 4. The zero-order valence-corrected chi connectivity index (χ0v) is 11.6. The smallest absolute Gasteiger partial charge is 0.337 e. The van der Waals surface area contributed by atoms with Crippen molar-refractivity contribution in [3.8, 4) is 0 Å². The van der Waals surface area contributed by atoms with Crippen LogP contribution in [0.1, 0.15) is 10.4 Å². The summed E-state index contributed by atoms with van der Waals surface area (Å²) < 4.78 is 23.2. The number of hydrogen-bond acceptors (Lipinski definition) is 5. The van der Waals surface area contributed by atoms with E-state index in [0.29, 0.717) is 5.69 Å². The van der Waals surface area contributed by atoms with E-state index >= 15 is 0 Å². The maximum atomic E-state index is 11.6. The lowest BCUT2D eigenvalue weighted by Crippen LogP contribution is -2.19. The second-order valence-electron chi connectivity index (χ2n) is 4.24. The predicted molar refractivity (Wildman–Crippen MR) is 78.9 cm³/mol. The fourth-order valence-corrected chi connectivity index (χ4v) is 2.74. The van der Waals surface area contributed by atoms with Gasteiger partial charge in [-0.25, -0.2) is 18.4 Å². The number of carboxylic acids is 1. The number of nitrogen functional groups attached to an aromatic ring is 1. The van der Waals surface area contributed by atoms with Crippen molar-refractivity contribution < 1.29 is 18.3 Å². The number of anilines is 3. The van der Waals surface area contributed by atoms with Crippen LogP contribution in [0.25, 0.3) is 0 Å². The Kier molecular flexibility index (Phi) is 3.83. The van der Waals surface area contributed by atoms with Crippen LogP contribution in [0.5, 0.6) is 0 Å². The van der Waals surface area contributed by atoms with E-state index in [9.17, 15) is 13.2 Å². The van der Waals surface area contributed by atoms with Crippen LogP contribution >= 0.6 is 0 Å². The maximum absolute atomic E-state index is 11.6. The number of benzene rings is 2. The molecular formula is C13H13N3O4S. The van der Waals surface area contributed by atoms with E-state index in [1.54, 1.807) is 24.3 Å². The van der Waals surface area contributed by atoms with E-state index in [1.165, 1.54) is 6.07 Å². The summed E-state index contributed by atoms with van der Waals surface area (Å²) in [5.74, 6) is -1.42. The molecule has 0 aromatic heterocycles. The average molecular weight is 307 g/mol. The van der Waals surface area contributed by atoms with Gasteiger partial charge in [0.05, 0.1) is 16.9 Å².